The lowest BCUT2D eigenvalue weighted by atomic mass is 10.1. The third-order valence-electron chi connectivity index (χ3n) is 4.38. The van der Waals surface area contributed by atoms with Gasteiger partial charge in [-0.1, -0.05) is 18.2 Å². The molecule has 0 aliphatic carbocycles. The van der Waals surface area contributed by atoms with Crippen LogP contribution in [-0.4, -0.2) is 20.8 Å². The van der Waals surface area contributed by atoms with Crippen molar-refractivity contribution in [2.45, 2.75) is 19.6 Å². The van der Waals surface area contributed by atoms with E-state index in [1.807, 2.05) is 36.3 Å². The van der Waals surface area contributed by atoms with Gasteiger partial charge in [0.25, 0.3) is 5.91 Å². The maximum atomic E-state index is 13.3. The molecule has 0 bridgehead atoms. The minimum atomic E-state index is -0.295. The van der Waals surface area contributed by atoms with Crippen LogP contribution in [0.2, 0.25) is 0 Å². The minimum Gasteiger partial charge on any atom is -0.355 e. The van der Waals surface area contributed by atoms with Gasteiger partial charge in [0.05, 0.1) is 29.8 Å². The predicted octanol–water partition coefficient (Wildman–Crippen LogP) is 2.44. The standard InChI is InChI=1S/C20H18FN5O/c1-13-10-23-16(11-22-13)12-24-20(27)18-17-4-2-3-9-26(17)19(25-18)14-5-7-15(21)8-6-14/h2-11,19,25H,12H2,1H3,(H,24,27). The number of carbonyl (C=O) groups excluding carboxylic acids is 1. The molecule has 0 spiro atoms. The van der Waals surface area contributed by atoms with Gasteiger partial charge in [-0.15, -0.1) is 0 Å². The van der Waals surface area contributed by atoms with Gasteiger partial charge in [-0.05, 0) is 36.8 Å². The molecule has 0 radical (unpaired) electrons. The second kappa shape index (κ2) is 7.03. The van der Waals surface area contributed by atoms with Crippen LogP contribution in [0, 0.1) is 12.7 Å². The molecular formula is C20H18FN5O. The van der Waals surface area contributed by atoms with Crippen molar-refractivity contribution < 1.29 is 9.18 Å². The Balaban J connectivity index is 1.53. The highest BCUT2D eigenvalue weighted by atomic mass is 19.1. The first-order valence-electron chi connectivity index (χ1n) is 8.57. The zero-order chi connectivity index (χ0) is 18.8. The molecule has 3 heterocycles. The highest BCUT2D eigenvalue weighted by Crippen LogP contribution is 2.33. The molecule has 4 rings (SSSR count). The van der Waals surface area contributed by atoms with E-state index in [-0.39, 0.29) is 24.4 Å². The van der Waals surface area contributed by atoms with Crippen LogP contribution >= 0.6 is 0 Å². The molecule has 27 heavy (non-hydrogen) atoms. The lowest BCUT2D eigenvalue weighted by Gasteiger charge is -2.26. The first-order chi connectivity index (χ1) is 13.1. The summed E-state index contributed by atoms with van der Waals surface area (Å²) in [6.07, 6.45) is 10.6. The Labute approximate surface area is 156 Å². The SMILES string of the molecule is Cc1cnc(CNC(=O)C2=C3C=CC=CN3C(c3ccc(F)cc3)N2)cn1. The summed E-state index contributed by atoms with van der Waals surface area (Å²) in [6, 6.07) is 6.24. The van der Waals surface area contributed by atoms with Gasteiger partial charge in [-0.2, -0.15) is 0 Å². The van der Waals surface area contributed by atoms with Crippen molar-refractivity contribution in [3.8, 4) is 0 Å². The fraction of sp³-hybridized carbons (Fsp3) is 0.150. The largest absolute Gasteiger partial charge is 0.355 e. The lowest BCUT2D eigenvalue weighted by molar-refractivity contribution is -0.118. The highest BCUT2D eigenvalue weighted by Gasteiger charge is 2.33. The summed E-state index contributed by atoms with van der Waals surface area (Å²) in [4.78, 5) is 23.1. The summed E-state index contributed by atoms with van der Waals surface area (Å²) in [7, 11) is 0. The number of carbonyl (C=O) groups is 1. The Morgan fingerprint density at radius 1 is 1.22 bits per heavy atom. The van der Waals surface area contributed by atoms with Crippen molar-refractivity contribution >= 4 is 5.91 Å². The quantitative estimate of drug-likeness (QED) is 0.873. The Bertz CT molecular complexity index is 947. The van der Waals surface area contributed by atoms with E-state index < -0.39 is 0 Å². The number of hydrogen-bond acceptors (Lipinski definition) is 5. The molecule has 7 heteroatoms. The van der Waals surface area contributed by atoms with Crippen LogP contribution in [0.4, 0.5) is 4.39 Å². The van der Waals surface area contributed by atoms with Gasteiger partial charge >= 0.3 is 0 Å². The fourth-order valence-corrected chi connectivity index (χ4v) is 3.01. The Morgan fingerprint density at radius 3 is 2.78 bits per heavy atom. The van der Waals surface area contributed by atoms with E-state index in [4.69, 9.17) is 0 Å². The van der Waals surface area contributed by atoms with Crippen LogP contribution in [-0.2, 0) is 11.3 Å². The molecule has 6 nitrogen and oxygen atoms in total. The molecule has 1 amide bonds. The molecule has 136 valence electrons. The van der Waals surface area contributed by atoms with Crippen molar-refractivity contribution in [3.05, 3.63) is 95.2 Å². The number of amides is 1. The number of nitrogens with one attached hydrogen (secondary N) is 2. The van der Waals surface area contributed by atoms with Crippen molar-refractivity contribution in [3.63, 3.8) is 0 Å². The topological polar surface area (TPSA) is 70.2 Å². The molecule has 0 saturated carbocycles. The Kier molecular flexibility index (Phi) is 4.42. The summed E-state index contributed by atoms with van der Waals surface area (Å²) >= 11 is 0. The molecule has 1 unspecified atom stereocenters. The predicted molar refractivity (Wildman–Crippen MR) is 98.0 cm³/mol. The van der Waals surface area contributed by atoms with Gasteiger partial charge in [0, 0.05) is 12.4 Å². The van der Waals surface area contributed by atoms with Crippen LogP contribution in [0.25, 0.3) is 0 Å². The first kappa shape index (κ1) is 17.0. The summed E-state index contributed by atoms with van der Waals surface area (Å²) < 4.78 is 13.3. The van der Waals surface area contributed by atoms with Crippen LogP contribution in [0.15, 0.2) is 72.5 Å². The number of aromatic nitrogens is 2. The molecule has 1 atom stereocenters. The van der Waals surface area contributed by atoms with E-state index in [1.54, 1.807) is 24.5 Å². The molecule has 0 fully saturated rings. The Hall–Kier alpha value is -3.48. The van der Waals surface area contributed by atoms with Gasteiger partial charge in [0.1, 0.15) is 17.7 Å². The molecule has 1 aromatic carbocycles. The van der Waals surface area contributed by atoms with Crippen LogP contribution < -0.4 is 10.6 Å². The van der Waals surface area contributed by atoms with Crippen molar-refractivity contribution in [2.75, 3.05) is 0 Å². The number of aryl methyl sites for hydroxylation is 1. The number of benzene rings is 1. The second-order valence-electron chi connectivity index (χ2n) is 6.30. The molecular weight excluding hydrogens is 345 g/mol. The minimum absolute atomic E-state index is 0.234. The van der Waals surface area contributed by atoms with Crippen LogP contribution in [0.5, 0.6) is 0 Å². The van der Waals surface area contributed by atoms with Crippen LogP contribution in [0.1, 0.15) is 23.1 Å². The zero-order valence-electron chi connectivity index (χ0n) is 14.7. The fourth-order valence-electron chi connectivity index (χ4n) is 3.01. The average Bonchev–Trinajstić information content (AvgIpc) is 3.08. The van der Waals surface area contributed by atoms with E-state index in [0.717, 1.165) is 17.0 Å². The molecule has 2 aromatic rings. The highest BCUT2D eigenvalue weighted by molar-refractivity contribution is 5.94. The number of halogens is 1. The van der Waals surface area contributed by atoms with Gasteiger partial charge < -0.3 is 15.5 Å². The van der Waals surface area contributed by atoms with E-state index in [2.05, 4.69) is 20.6 Å². The second-order valence-corrected chi connectivity index (χ2v) is 6.30. The molecule has 2 aliphatic rings. The van der Waals surface area contributed by atoms with E-state index in [1.165, 1.54) is 12.1 Å². The summed E-state index contributed by atoms with van der Waals surface area (Å²) in [6.45, 7) is 2.14. The zero-order valence-corrected chi connectivity index (χ0v) is 14.7. The third kappa shape index (κ3) is 3.44. The maximum absolute atomic E-state index is 13.3. The summed E-state index contributed by atoms with van der Waals surface area (Å²) in [5.74, 6) is -0.530. The summed E-state index contributed by atoms with van der Waals surface area (Å²) in [5, 5.41) is 6.11. The third-order valence-corrected chi connectivity index (χ3v) is 4.38. The van der Waals surface area contributed by atoms with Crippen molar-refractivity contribution in [2.24, 2.45) is 0 Å². The van der Waals surface area contributed by atoms with Crippen LogP contribution in [0.3, 0.4) is 0 Å². The van der Waals surface area contributed by atoms with Gasteiger partial charge in [0.15, 0.2) is 0 Å². The van der Waals surface area contributed by atoms with Gasteiger partial charge in [-0.25, -0.2) is 4.39 Å². The molecule has 2 aliphatic heterocycles. The molecule has 0 saturated heterocycles. The smallest absolute Gasteiger partial charge is 0.269 e. The number of hydrogen-bond donors (Lipinski definition) is 2. The number of fused-ring (bicyclic) bond motifs is 1. The average molecular weight is 363 g/mol. The van der Waals surface area contributed by atoms with E-state index in [9.17, 15) is 9.18 Å². The van der Waals surface area contributed by atoms with Gasteiger partial charge in [0.2, 0.25) is 0 Å². The number of nitrogens with zero attached hydrogens (tertiary/aromatic N) is 3. The number of rotatable bonds is 4. The van der Waals surface area contributed by atoms with Gasteiger partial charge in [-0.3, -0.25) is 14.8 Å². The van der Waals surface area contributed by atoms with Crippen molar-refractivity contribution in [1.29, 1.82) is 0 Å². The normalized spacial score (nSPS) is 17.7. The van der Waals surface area contributed by atoms with Crippen molar-refractivity contribution in [1.82, 2.24) is 25.5 Å². The van der Waals surface area contributed by atoms with E-state index in [0.29, 0.717) is 11.4 Å². The first-order valence-corrected chi connectivity index (χ1v) is 8.57. The van der Waals surface area contributed by atoms with E-state index >= 15 is 0 Å². The lowest BCUT2D eigenvalue weighted by Crippen LogP contribution is -2.32. The monoisotopic (exact) mass is 363 g/mol. The maximum Gasteiger partial charge on any atom is 0.269 e. The number of allylic oxidation sites excluding steroid dienone is 3. The Morgan fingerprint density at radius 2 is 2.04 bits per heavy atom. The molecule has 2 N–H and O–H groups in total. The summed E-state index contributed by atoms with van der Waals surface area (Å²) in [5.41, 5.74) is 3.60. The molecule has 1 aromatic heterocycles.